The molecule has 8 heteroatoms. The molecule has 1 rings (SSSR count). The summed E-state index contributed by atoms with van der Waals surface area (Å²) < 4.78 is 10.4. The lowest BCUT2D eigenvalue weighted by molar-refractivity contribution is 0.0555. The van der Waals surface area contributed by atoms with E-state index < -0.39 is 23.4 Å². The Morgan fingerprint density at radius 3 is 2.32 bits per heavy atom. The molecule has 0 aromatic carbocycles. The van der Waals surface area contributed by atoms with Crippen molar-refractivity contribution in [2.45, 2.75) is 59.2 Å². The van der Waals surface area contributed by atoms with Gasteiger partial charge in [0, 0.05) is 13.1 Å². The zero-order valence-corrected chi connectivity index (χ0v) is 16.0. The maximum Gasteiger partial charge on any atom is 0.437 e. The first-order valence-corrected chi connectivity index (χ1v) is 8.34. The van der Waals surface area contributed by atoms with Gasteiger partial charge in [0.05, 0.1) is 0 Å². The molecule has 0 saturated heterocycles. The second kappa shape index (κ2) is 8.33. The van der Waals surface area contributed by atoms with Crippen molar-refractivity contribution in [1.82, 2.24) is 10.2 Å². The molecule has 0 fully saturated rings. The molecule has 142 valence electrons. The summed E-state index contributed by atoms with van der Waals surface area (Å²) >= 11 is 0. The van der Waals surface area contributed by atoms with Gasteiger partial charge in [-0.05, 0) is 54.5 Å². The maximum absolute atomic E-state index is 12.1. The third kappa shape index (κ3) is 8.53. The van der Waals surface area contributed by atoms with Crippen molar-refractivity contribution in [1.29, 1.82) is 0 Å². The summed E-state index contributed by atoms with van der Waals surface area (Å²) in [5, 5.41) is 2.54. The molecule has 0 radical (unpaired) electrons. The lowest BCUT2D eigenvalue weighted by atomic mass is 10.2. The van der Waals surface area contributed by atoms with Crippen LogP contribution in [0.15, 0.2) is 16.6 Å². The average Bonchev–Trinajstić information content (AvgIpc) is 2.82. The van der Waals surface area contributed by atoms with Crippen LogP contribution in [-0.4, -0.2) is 53.9 Å². The highest BCUT2D eigenvalue weighted by molar-refractivity contribution is 5.99. The Kier molecular flexibility index (Phi) is 6.98. The SMILES string of the molecule is CC(C)(C)OC(=O)/N=C(/NC(=O)OC(C)(C)C)N1CC=C(CCN)C1. The van der Waals surface area contributed by atoms with Crippen LogP contribution in [0.3, 0.4) is 0 Å². The topological polar surface area (TPSA) is 106 Å². The number of amides is 2. The van der Waals surface area contributed by atoms with Gasteiger partial charge in [0.1, 0.15) is 11.2 Å². The van der Waals surface area contributed by atoms with Gasteiger partial charge in [-0.25, -0.2) is 9.59 Å². The fraction of sp³-hybridized carbons (Fsp3) is 0.706. The molecule has 1 heterocycles. The number of carbonyl (C=O) groups is 2. The van der Waals surface area contributed by atoms with E-state index in [0.29, 0.717) is 19.6 Å². The lowest BCUT2D eigenvalue weighted by Crippen LogP contribution is -2.46. The van der Waals surface area contributed by atoms with Crippen LogP contribution in [0.4, 0.5) is 9.59 Å². The number of nitrogens with two attached hydrogens (primary N) is 1. The van der Waals surface area contributed by atoms with Gasteiger partial charge in [-0.2, -0.15) is 0 Å². The number of hydrogen-bond acceptors (Lipinski definition) is 5. The molecule has 0 saturated carbocycles. The summed E-state index contributed by atoms with van der Waals surface area (Å²) in [7, 11) is 0. The Balaban J connectivity index is 2.88. The Hall–Kier alpha value is -2.09. The van der Waals surface area contributed by atoms with Crippen molar-refractivity contribution < 1.29 is 19.1 Å². The predicted molar refractivity (Wildman–Crippen MR) is 96.4 cm³/mol. The molecule has 0 aromatic rings. The molecule has 0 bridgehead atoms. The van der Waals surface area contributed by atoms with Gasteiger partial charge in [-0.3, -0.25) is 5.32 Å². The van der Waals surface area contributed by atoms with E-state index in [-0.39, 0.29) is 5.96 Å². The third-order valence-electron chi connectivity index (χ3n) is 2.96. The third-order valence-corrected chi connectivity index (χ3v) is 2.96. The molecule has 3 N–H and O–H groups in total. The van der Waals surface area contributed by atoms with Gasteiger partial charge in [0.25, 0.3) is 0 Å². The summed E-state index contributed by atoms with van der Waals surface area (Å²) in [5.74, 6) is 0.103. The standard InChI is InChI=1S/C17H30N4O4/c1-16(2,3)24-14(22)19-13(20-15(23)25-17(4,5)6)21-10-8-12(11-21)7-9-18/h8H,7,9-11,18H2,1-6H3,(H,19,20,22,23). The highest BCUT2D eigenvalue weighted by Crippen LogP contribution is 2.14. The molecule has 2 amide bonds. The van der Waals surface area contributed by atoms with E-state index in [1.807, 2.05) is 6.08 Å². The molecule has 1 aliphatic rings. The molecule has 0 unspecified atom stereocenters. The van der Waals surface area contributed by atoms with E-state index in [1.54, 1.807) is 46.4 Å². The van der Waals surface area contributed by atoms with Crippen LogP contribution in [0.5, 0.6) is 0 Å². The molecule has 0 spiro atoms. The summed E-state index contributed by atoms with van der Waals surface area (Å²) in [5.41, 5.74) is 5.37. The Bertz CT molecular complexity index is 556. The van der Waals surface area contributed by atoms with Crippen molar-refractivity contribution in [2.75, 3.05) is 19.6 Å². The minimum Gasteiger partial charge on any atom is -0.444 e. The number of nitrogens with zero attached hydrogens (tertiary/aromatic N) is 2. The van der Waals surface area contributed by atoms with Crippen LogP contribution in [0.2, 0.25) is 0 Å². The smallest absolute Gasteiger partial charge is 0.437 e. The highest BCUT2D eigenvalue weighted by atomic mass is 16.6. The Morgan fingerprint density at radius 2 is 1.80 bits per heavy atom. The summed E-state index contributed by atoms with van der Waals surface area (Å²) in [6.07, 6.45) is 1.31. The first-order valence-electron chi connectivity index (χ1n) is 8.34. The maximum atomic E-state index is 12.1. The van der Waals surface area contributed by atoms with Gasteiger partial charge in [-0.15, -0.1) is 4.99 Å². The van der Waals surface area contributed by atoms with Crippen molar-refractivity contribution in [3.63, 3.8) is 0 Å². The van der Waals surface area contributed by atoms with Crippen molar-refractivity contribution in [3.05, 3.63) is 11.6 Å². The van der Waals surface area contributed by atoms with E-state index in [4.69, 9.17) is 15.2 Å². The van der Waals surface area contributed by atoms with Gasteiger partial charge in [0.2, 0.25) is 5.96 Å². The van der Waals surface area contributed by atoms with Gasteiger partial charge >= 0.3 is 12.2 Å². The van der Waals surface area contributed by atoms with E-state index in [0.717, 1.165) is 12.0 Å². The summed E-state index contributed by atoms with van der Waals surface area (Å²) in [4.78, 5) is 29.8. The molecule has 8 nitrogen and oxygen atoms in total. The monoisotopic (exact) mass is 354 g/mol. The molecule has 0 aromatic heterocycles. The lowest BCUT2D eigenvalue weighted by Gasteiger charge is -2.24. The zero-order chi connectivity index (χ0) is 19.3. The minimum atomic E-state index is -0.772. The number of carbonyl (C=O) groups excluding carboxylic acids is 2. The first-order chi connectivity index (χ1) is 11.4. The first kappa shape index (κ1) is 21.0. The predicted octanol–water partition coefficient (Wildman–Crippen LogP) is 2.39. The van der Waals surface area contributed by atoms with Crippen LogP contribution < -0.4 is 11.1 Å². The average molecular weight is 354 g/mol. The highest BCUT2D eigenvalue weighted by Gasteiger charge is 2.25. The van der Waals surface area contributed by atoms with E-state index in [1.165, 1.54) is 0 Å². The van der Waals surface area contributed by atoms with Crippen LogP contribution in [0.1, 0.15) is 48.0 Å². The van der Waals surface area contributed by atoms with Crippen molar-refractivity contribution in [3.8, 4) is 0 Å². The fourth-order valence-corrected chi connectivity index (χ4v) is 2.09. The molecule has 0 atom stereocenters. The zero-order valence-electron chi connectivity index (χ0n) is 16.0. The molecule has 25 heavy (non-hydrogen) atoms. The van der Waals surface area contributed by atoms with Crippen LogP contribution in [0, 0.1) is 0 Å². The van der Waals surface area contributed by atoms with E-state index in [2.05, 4.69) is 10.3 Å². The number of rotatable bonds is 2. The van der Waals surface area contributed by atoms with E-state index >= 15 is 0 Å². The molecule has 0 aliphatic carbocycles. The Morgan fingerprint density at radius 1 is 1.20 bits per heavy atom. The van der Waals surface area contributed by atoms with E-state index in [9.17, 15) is 9.59 Å². The second-order valence-electron chi connectivity index (χ2n) is 7.82. The molecular weight excluding hydrogens is 324 g/mol. The number of ether oxygens (including phenoxy) is 2. The largest absolute Gasteiger partial charge is 0.444 e. The summed E-state index contributed by atoms with van der Waals surface area (Å²) in [6, 6.07) is 0. The van der Waals surface area contributed by atoms with Gasteiger partial charge < -0.3 is 20.1 Å². The van der Waals surface area contributed by atoms with Crippen LogP contribution in [-0.2, 0) is 9.47 Å². The second-order valence-corrected chi connectivity index (χ2v) is 7.82. The minimum absolute atomic E-state index is 0.103. The Labute approximate surface area is 149 Å². The van der Waals surface area contributed by atoms with Crippen molar-refractivity contribution in [2.24, 2.45) is 10.7 Å². The van der Waals surface area contributed by atoms with Gasteiger partial charge in [0.15, 0.2) is 0 Å². The number of alkyl carbamates (subject to hydrolysis) is 1. The molecular formula is C17H30N4O4. The molecule has 1 aliphatic heterocycles. The number of nitrogens with one attached hydrogen (secondary N) is 1. The number of guanidine groups is 1. The van der Waals surface area contributed by atoms with Crippen LogP contribution in [0.25, 0.3) is 0 Å². The van der Waals surface area contributed by atoms with Crippen LogP contribution >= 0.6 is 0 Å². The quantitative estimate of drug-likeness (QED) is 0.448. The number of hydrogen-bond donors (Lipinski definition) is 2. The van der Waals surface area contributed by atoms with Gasteiger partial charge in [-0.1, -0.05) is 11.6 Å². The number of aliphatic imine (C=N–C) groups is 1. The summed E-state index contributed by atoms with van der Waals surface area (Å²) in [6.45, 7) is 12.1. The normalized spacial score (nSPS) is 15.7. The van der Waals surface area contributed by atoms with Crippen molar-refractivity contribution >= 4 is 18.1 Å². The fourth-order valence-electron chi connectivity index (χ4n) is 2.09.